The number of rotatable bonds is 10. The monoisotopic (exact) mass is 418 g/mol. The van der Waals surface area contributed by atoms with E-state index in [1.54, 1.807) is 0 Å². The molecule has 0 aromatic heterocycles. The van der Waals surface area contributed by atoms with Crippen LogP contribution in [-0.4, -0.2) is 99.6 Å². The molecule has 7 heteroatoms. The second-order valence-electron chi connectivity index (χ2n) is 8.99. The summed E-state index contributed by atoms with van der Waals surface area (Å²) in [6.07, 6.45) is 1.84. The van der Waals surface area contributed by atoms with Crippen LogP contribution in [0.15, 0.2) is 24.3 Å². The van der Waals surface area contributed by atoms with Crippen LogP contribution in [0.2, 0.25) is 0 Å². The van der Waals surface area contributed by atoms with Crippen molar-refractivity contribution in [2.24, 2.45) is 11.8 Å². The summed E-state index contributed by atoms with van der Waals surface area (Å²) in [6, 6.07) is 7.68. The highest BCUT2D eigenvalue weighted by molar-refractivity contribution is 5.94. The summed E-state index contributed by atoms with van der Waals surface area (Å²) in [7, 11) is 10.2. The molecular weight excluding hydrogens is 380 g/mol. The Kier molecular flexibility index (Phi) is 9.11. The van der Waals surface area contributed by atoms with Crippen LogP contribution in [0.5, 0.6) is 0 Å². The molecule has 2 atom stereocenters. The molecule has 2 rings (SSSR count). The molecule has 168 valence electrons. The van der Waals surface area contributed by atoms with Gasteiger partial charge in [0.15, 0.2) is 0 Å². The molecule has 1 aromatic carbocycles. The van der Waals surface area contributed by atoms with E-state index >= 15 is 0 Å². The molecule has 7 nitrogen and oxygen atoms in total. The first-order chi connectivity index (χ1) is 14.2. The van der Waals surface area contributed by atoms with E-state index in [1.807, 2.05) is 48.2 Å². The van der Waals surface area contributed by atoms with Gasteiger partial charge in [0.2, 0.25) is 0 Å². The predicted molar refractivity (Wildman–Crippen MR) is 121 cm³/mol. The van der Waals surface area contributed by atoms with Crippen molar-refractivity contribution in [2.75, 3.05) is 72.9 Å². The fraction of sp³-hybridized carbons (Fsp3) is 0.652. The van der Waals surface area contributed by atoms with Crippen LogP contribution in [0, 0.1) is 11.8 Å². The molecule has 1 aromatic rings. The van der Waals surface area contributed by atoms with E-state index in [0.717, 1.165) is 38.2 Å². The number of nitrogens with zero attached hydrogens (tertiary/aromatic N) is 4. The predicted octanol–water partition coefficient (Wildman–Crippen LogP) is 2.19. The van der Waals surface area contributed by atoms with Crippen molar-refractivity contribution in [3.63, 3.8) is 0 Å². The molecule has 1 N–H and O–H groups in total. The van der Waals surface area contributed by atoms with Gasteiger partial charge in [0.25, 0.3) is 5.91 Å². The smallest absolute Gasteiger partial charge is 0.303 e. The molecule has 1 amide bonds. The first kappa shape index (κ1) is 24.2. The zero-order valence-electron chi connectivity index (χ0n) is 19.2. The summed E-state index contributed by atoms with van der Waals surface area (Å²) in [6.45, 7) is 4.14. The van der Waals surface area contributed by atoms with Crippen molar-refractivity contribution in [1.29, 1.82) is 0 Å². The number of amides is 1. The van der Waals surface area contributed by atoms with Crippen molar-refractivity contribution in [2.45, 2.75) is 19.3 Å². The quantitative estimate of drug-likeness (QED) is 0.628. The Balaban J connectivity index is 2.01. The Morgan fingerprint density at radius 3 is 2.23 bits per heavy atom. The summed E-state index contributed by atoms with van der Waals surface area (Å²) in [5, 5.41) is 9.33. The largest absolute Gasteiger partial charge is 0.481 e. The molecule has 0 unspecified atom stereocenters. The standard InChI is InChI=1S/C23H38N4O3/c1-24(2)14-15-26(5)12-10-20-17-27(13-11-19(20)16-22(28)29)23(30)18-6-8-21(9-7-18)25(3)4/h6-9,19-20H,10-17H2,1-5H3,(H,28,29)/t19-,20+/m0/s1. The lowest BCUT2D eigenvalue weighted by atomic mass is 9.81. The SMILES string of the molecule is CN(C)CCN(C)CC[C@@H]1CN(C(=O)c2ccc(N(C)C)cc2)CC[C@H]1CC(=O)O. The number of anilines is 1. The Labute approximate surface area is 181 Å². The van der Waals surface area contributed by atoms with Gasteiger partial charge in [-0.15, -0.1) is 0 Å². The first-order valence-corrected chi connectivity index (χ1v) is 10.8. The number of piperidine rings is 1. The molecule has 1 saturated heterocycles. The topological polar surface area (TPSA) is 67.3 Å². The number of carbonyl (C=O) groups excluding carboxylic acids is 1. The number of carboxylic acid groups (broad SMARTS) is 1. The Morgan fingerprint density at radius 1 is 1.00 bits per heavy atom. The molecule has 0 aliphatic carbocycles. The van der Waals surface area contributed by atoms with Crippen molar-refractivity contribution in [3.8, 4) is 0 Å². The normalized spacial score (nSPS) is 19.4. The van der Waals surface area contributed by atoms with Crippen molar-refractivity contribution >= 4 is 17.6 Å². The third-order valence-electron chi connectivity index (χ3n) is 6.06. The molecule has 30 heavy (non-hydrogen) atoms. The molecule has 1 aliphatic rings. The highest BCUT2D eigenvalue weighted by Gasteiger charge is 2.33. The van der Waals surface area contributed by atoms with E-state index in [9.17, 15) is 14.7 Å². The van der Waals surface area contributed by atoms with Gasteiger partial charge in [-0.05, 0) is 76.6 Å². The van der Waals surface area contributed by atoms with Gasteiger partial charge >= 0.3 is 5.97 Å². The summed E-state index contributed by atoms with van der Waals surface area (Å²) in [5.41, 5.74) is 1.75. The van der Waals surface area contributed by atoms with Gasteiger partial charge in [-0.1, -0.05) is 0 Å². The minimum atomic E-state index is -0.745. The number of carbonyl (C=O) groups is 2. The maximum atomic E-state index is 13.1. The van der Waals surface area contributed by atoms with Gasteiger partial charge < -0.3 is 24.7 Å². The Morgan fingerprint density at radius 2 is 1.67 bits per heavy atom. The lowest BCUT2D eigenvalue weighted by molar-refractivity contribution is -0.139. The van der Waals surface area contributed by atoms with Crippen LogP contribution in [0.1, 0.15) is 29.6 Å². The molecule has 0 radical (unpaired) electrons. The number of carboxylic acids is 1. The van der Waals surface area contributed by atoms with Gasteiger partial charge in [0.05, 0.1) is 0 Å². The molecule has 0 bridgehead atoms. The third kappa shape index (κ3) is 7.29. The molecule has 1 fully saturated rings. The fourth-order valence-corrected chi connectivity index (χ4v) is 4.04. The van der Waals surface area contributed by atoms with Crippen LogP contribution in [0.4, 0.5) is 5.69 Å². The van der Waals surface area contributed by atoms with Crippen molar-refractivity contribution in [1.82, 2.24) is 14.7 Å². The van der Waals surface area contributed by atoms with Crippen molar-refractivity contribution < 1.29 is 14.7 Å². The zero-order valence-corrected chi connectivity index (χ0v) is 19.2. The van der Waals surface area contributed by atoms with Gasteiger partial charge in [-0.3, -0.25) is 9.59 Å². The number of hydrogen-bond acceptors (Lipinski definition) is 5. The maximum Gasteiger partial charge on any atom is 0.303 e. The van der Waals surface area contributed by atoms with Gasteiger partial charge in [0.1, 0.15) is 0 Å². The summed E-state index contributed by atoms with van der Waals surface area (Å²) >= 11 is 0. The summed E-state index contributed by atoms with van der Waals surface area (Å²) in [4.78, 5) is 32.8. The number of aliphatic carboxylic acids is 1. The van der Waals surface area contributed by atoms with Crippen LogP contribution < -0.4 is 4.90 Å². The summed E-state index contributed by atoms with van der Waals surface area (Å²) < 4.78 is 0. The number of benzene rings is 1. The number of hydrogen-bond donors (Lipinski definition) is 1. The van der Waals surface area contributed by atoms with E-state index in [0.29, 0.717) is 18.7 Å². The highest BCUT2D eigenvalue weighted by Crippen LogP contribution is 2.30. The zero-order chi connectivity index (χ0) is 22.3. The lowest BCUT2D eigenvalue weighted by Gasteiger charge is -2.39. The van der Waals surface area contributed by atoms with E-state index in [4.69, 9.17) is 0 Å². The molecular formula is C23H38N4O3. The van der Waals surface area contributed by atoms with Gasteiger partial charge in [-0.25, -0.2) is 0 Å². The van der Waals surface area contributed by atoms with Crippen LogP contribution in [0.3, 0.4) is 0 Å². The van der Waals surface area contributed by atoms with Gasteiger partial charge in [-0.2, -0.15) is 0 Å². The minimum Gasteiger partial charge on any atom is -0.481 e. The van der Waals surface area contributed by atoms with E-state index < -0.39 is 5.97 Å². The molecule has 0 saturated carbocycles. The number of likely N-dealkylation sites (tertiary alicyclic amines) is 1. The van der Waals surface area contributed by atoms with Crippen LogP contribution in [0.25, 0.3) is 0 Å². The van der Waals surface area contributed by atoms with E-state index in [2.05, 4.69) is 30.9 Å². The molecule has 1 aliphatic heterocycles. The van der Waals surface area contributed by atoms with Crippen molar-refractivity contribution in [3.05, 3.63) is 29.8 Å². The second-order valence-corrected chi connectivity index (χ2v) is 8.99. The average Bonchev–Trinajstić information content (AvgIpc) is 2.70. The van der Waals surface area contributed by atoms with E-state index in [-0.39, 0.29) is 24.2 Å². The maximum absolute atomic E-state index is 13.1. The molecule has 1 heterocycles. The Hall–Kier alpha value is -2.12. The van der Waals surface area contributed by atoms with E-state index in [1.165, 1.54) is 0 Å². The fourth-order valence-electron chi connectivity index (χ4n) is 4.04. The molecule has 0 spiro atoms. The third-order valence-corrected chi connectivity index (χ3v) is 6.06. The minimum absolute atomic E-state index is 0.0417. The van der Waals surface area contributed by atoms with Crippen LogP contribution >= 0.6 is 0 Å². The van der Waals surface area contributed by atoms with Gasteiger partial charge in [0, 0.05) is 57.9 Å². The second kappa shape index (κ2) is 11.3. The number of likely N-dealkylation sites (N-methyl/N-ethyl adjacent to an activating group) is 2. The van der Waals surface area contributed by atoms with Crippen LogP contribution in [-0.2, 0) is 4.79 Å². The first-order valence-electron chi connectivity index (χ1n) is 10.8. The highest BCUT2D eigenvalue weighted by atomic mass is 16.4. The average molecular weight is 419 g/mol. The summed E-state index contributed by atoms with van der Waals surface area (Å²) in [5.74, 6) is -0.364. The lowest BCUT2D eigenvalue weighted by Crippen LogP contribution is -2.45. The Bertz CT molecular complexity index is 690.